The molecule has 1 aromatic heterocycles. The summed E-state index contributed by atoms with van der Waals surface area (Å²) in [5.41, 5.74) is 1.97. The first-order valence-electron chi connectivity index (χ1n) is 6.67. The molecule has 3 nitrogen and oxygen atoms in total. The van der Waals surface area contributed by atoms with Gasteiger partial charge in [-0.25, -0.2) is 0 Å². The van der Waals surface area contributed by atoms with E-state index < -0.39 is 5.60 Å². The lowest BCUT2D eigenvalue weighted by Crippen LogP contribution is -2.52. The quantitative estimate of drug-likeness (QED) is 0.896. The molecule has 1 aromatic rings. The first kappa shape index (κ1) is 14.0. The molecule has 18 heavy (non-hydrogen) atoms. The van der Waals surface area contributed by atoms with Gasteiger partial charge in [0.15, 0.2) is 0 Å². The Labute approximate surface area is 114 Å². The molecule has 1 aliphatic rings. The van der Waals surface area contributed by atoms with Crippen molar-refractivity contribution in [3.63, 3.8) is 0 Å². The number of aryl methyl sites for hydroxylation is 1. The summed E-state index contributed by atoms with van der Waals surface area (Å²) < 4.78 is 4.29. The van der Waals surface area contributed by atoms with Crippen LogP contribution in [0.3, 0.4) is 0 Å². The number of aromatic nitrogens is 1. The van der Waals surface area contributed by atoms with Gasteiger partial charge in [0.25, 0.3) is 0 Å². The molecule has 0 unspecified atom stereocenters. The van der Waals surface area contributed by atoms with Crippen LogP contribution < -0.4 is 0 Å². The lowest BCUT2D eigenvalue weighted by Gasteiger charge is -2.44. The summed E-state index contributed by atoms with van der Waals surface area (Å²) in [7, 11) is 0. The number of hydrogen-bond donors (Lipinski definition) is 1. The number of hydrogen-bond acceptors (Lipinski definition) is 4. The van der Waals surface area contributed by atoms with E-state index in [1.54, 1.807) is 0 Å². The zero-order chi connectivity index (χ0) is 13.4. The van der Waals surface area contributed by atoms with E-state index in [-0.39, 0.29) is 5.54 Å². The van der Waals surface area contributed by atoms with Gasteiger partial charge in [-0.05, 0) is 57.6 Å². The molecule has 0 amide bonds. The Bertz CT molecular complexity index is 400. The number of likely N-dealkylation sites (tertiary alicyclic amines) is 1. The van der Waals surface area contributed by atoms with E-state index in [9.17, 15) is 5.11 Å². The Morgan fingerprint density at radius 2 is 2.00 bits per heavy atom. The van der Waals surface area contributed by atoms with Crippen LogP contribution >= 0.6 is 11.5 Å². The Balaban J connectivity index is 1.97. The fourth-order valence-electron chi connectivity index (χ4n) is 2.61. The van der Waals surface area contributed by atoms with E-state index >= 15 is 0 Å². The molecule has 1 N–H and O–H groups in total. The third kappa shape index (κ3) is 3.11. The van der Waals surface area contributed by atoms with Crippen molar-refractivity contribution in [2.75, 3.05) is 13.1 Å². The zero-order valence-corrected chi connectivity index (χ0v) is 12.7. The summed E-state index contributed by atoms with van der Waals surface area (Å²) in [6.07, 6.45) is 2.48. The molecule has 0 radical (unpaired) electrons. The highest BCUT2D eigenvalue weighted by atomic mass is 32.1. The molecule has 1 fully saturated rings. The van der Waals surface area contributed by atoms with Crippen LogP contribution in [0.25, 0.3) is 0 Å². The van der Waals surface area contributed by atoms with Crippen molar-refractivity contribution in [3.05, 3.63) is 16.6 Å². The summed E-state index contributed by atoms with van der Waals surface area (Å²) in [5, 5.41) is 12.8. The lowest BCUT2D eigenvalue weighted by molar-refractivity contribution is -0.0411. The summed E-state index contributed by atoms with van der Waals surface area (Å²) in [5.74, 6) is 0. The first-order chi connectivity index (χ1) is 8.30. The van der Waals surface area contributed by atoms with Crippen molar-refractivity contribution in [3.8, 4) is 0 Å². The number of aliphatic hydroxyl groups is 1. The third-order valence-corrected chi connectivity index (χ3v) is 4.78. The minimum absolute atomic E-state index is 0.210. The van der Waals surface area contributed by atoms with Gasteiger partial charge in [0.1, 0.15) is 0 Å². The van der Waals surface area contributed by atoms with Crippen molar-refractivity contribution in [2.24, 2.45) is 0 Å². The van der Waals surface area contributed by atoms with Crippen LogP contribution in [0, 0.1) is 6.92 Å². The highest BCUT2D eigenvalue weighted by Crippen LogP contribution is 2.30. The SMILES string of the molecule is Cc1nscc1CC1(O)CCN(C(C)(C)C)CC1. The third-order valence-electron chi connectivity index (χ3n) is 4.01. The molecule has 4 heteroatoms. The molecule has 1 saturated heterocycles. The maximum atomic E-state index is 10.7. The van der Waals surface area contributed by atoms with Gasteiger partial charge in [-0.3, -0.25) is 4.90 Å². The summed E-state index contributed by atoms with van der Waals surface area (Å²) in [6, 6.07) is 0. The number of piperidine rings is 1. The molecule has 102 valence electrons. The van der Waals surface area contributed by atoms with Crippen LogP contribution in [-0.2, 0) is 6.42 Å². The van der Waals surface area contributed by atoms with Gasteiger partial charge in [-0.1, -0.05) is 0 Å². The van der Waals surface area contributed by atoms with Gasteiger partial charge in [0.05, 0.1) is 11.3 Å². The maximum absolute atomic E-state index is 10.7. The van der Waals surface area contributed by atoms with Gasteiger partial charge < -0.3 is 5.11 Å². The Hall–Kier alpha value is -0.450. The van der Waals surface area contributed by atoms with Crippen molar-refractivity contribution >= 4 is 11.5 Å². The molecule has 0 saturated carbocycles. The minimum atomic E-state index is -0.532. The second-order valence-corrected chi connectivity index (χ2v) is 7.11. The number of nitrogens with zero attached hydrogens (tertiary/aromatic N) is 2. The average molecular weight is 268 g/mol. The predicted octanol–water partition coefficient (Wildman–Crippen LogP) is 2.62. The molecule has 0 aliphatic carbocycles. The van der Waals surface area contributed by atoms with Crippen LogP contribution in [0.5, 0.6) is 0 Å². The second kappa shape index (κ2) is 4.91. The van der Waals surface area contributed by atoms with Gasteiger partial charge in [-0.2, -0.15) is 4.37 Å². The van der Waals surface area contributed by atoms with E-state index in [4.69, 9.17) is 0 Å². The lowest BCUT2D eigenvalue weighted by atomic mass is 9.84. The van der Waals surface area contributed by atoms with E-state index in [0.29, 0.717) is 0 Å². The molecule has 0 atom stereocenters. The first-order valence-corrected chi connectivity index (χ1v) is 7.51. The van der Waals surface area contributed by atoms with Crippen molar-refractivity contribution < 1.29 is 5.11 Å². The van der Waals surface area contributed by atoms with Crippen LogP contribution in [0.1, 0.15) is 44.9 Å². The van der Waals surface area contributed by atoms with E-state index in [1.165, 1.54) is 17.1 Å². The Morgan fingerprint density at radius 1 is 1.39 bits per heavy atom. The monoisotopic (exact) mass is 268 g/mol. The fraction of sp³-hybridized carbons (Fsp3) is 0.786. The fourth-order valence-corrected chi connectivity index (χ4v) is 3.32. The van der Waals surface area contributed by atoms with E-state index in [2.05, 4.69) is 35.4 Å². The molecule has 2 heterocycles. The zero-order valence-electron chi connectivity index (χ0n) is 11.9. The largest absolute Gasteiger partial charge is 0.389 e. The van der Waals surface area contributed by atoms with Crippen molar-refractivity contribution in [1.29, 1.82) is 0 Å². The predicted molar refractivity (Wildman–Crippen MR) is 76.1 cm³/mol. The smallest absolute Gasteiger partial charge is 0.0713 e. The molecule has 1 aliphatic heterocycles. The van der Waals surface area contributed by atoms with Crippen molar-refractivity contribution in [1.82, 2.24) is 9.27 Å². The summed E-state index contributed by atoms with van der Waals surface area (Å²) >= 11 is 1.49. The molecular formula is C14H24N2OS. The van der Waals surface area contributed by atoms with Gasteiger partial charge >= 0.3 is 0 Å². The molecule has 0 aromatic carbocycles. The summed E-state index contributed by atoms with van der Waals surface area (Å²) in [4.78, 5) is 2.46. The molecule has 0 bridgehead atoms. The van der Waals surface area contributed by atoms with Crippen molar-refractivity contribution in [2.45, 2.75) is 58.1 Å². The number of rotatable bonds is 2. The van der Waals surface area contributed by atoms with Crippen LogP contribution in [0.15, 0.2) is 5.38 Å². The summed E-state index contributed by atoms with van der Waals surface area (Å²) in [6.45, 7) is 10.7. The van der Waals surface area contributed by atoms with E-state index in [1.807, 2.05) is 6.92 Å². The van der Waals surface area contributed by atoms with Gasteiger partial charge in [0.2, 0.25) is 0 Å². The molecule has 2 rings (SSSR count). The van der Waals surface area contributed by atoms with Crippen LogP contribution in [-0.4, -0.2) is 38.6 Å². The molecular weight excluding hydrogens is 244 g/mol. The van der Waals surface area contributed by atoms with Gasteiger partial charge in [-0.15, -0.1) is 0 Å². The average Bonchev–Trinajstić information content (AvgIpc) is 2.63. The van der Waals surface area contributed by atoms with Crippen LogP contribution in [0.4, 0.5) is 0 Å². The standard InChI is InChI=1S/C14H24N2OS/c1-11-12(10-18-15-11)9-14(17)5-7-16(8-6-14)13(2,3)4/h10,17H,5-9H2,1-4H3. The minimum Gasteiger partial charge on any atom is -0.389 e. The van der Waals surface area contributed by atoms with Gasteiger partial charge in [0, 0.05) is 30.4 Å². The molecule has 0 spiro atoms. The normalized spacial score (nSPS) is 21.2. The topological polar surface area (TPSA) is 36.4 Å². The second-order valence-electron chi connectivity index (χ2n) is 6.48. The Kier molecular flexibility index (Phi) is 3.81. The maximum Gasteiger partial charge on any atom is 0.0713 e. The Morgan fingerprint density at radius 3 is 2.44 bits per heavy atom. The van der Waals surface area contributed by atoms with Crippen LogP contribution in [0.2, 0.25) is 0 Å². The van der Waals surface area contributed by atoms with E-state index in [0.717, 1.165) is 38.0 Å². The highest BCUT2D eigenvalue weighted by Gasteiger charge is 2.36. The highest BCUT2D eigenvalue weighted by molar-refractivity contribution is 7.03.